The molecule has 30 heavy (non-hydrogen) atoms. The van der Waals surface area contributed by atoms with Gasteiger partial charge in [-0.2, -0.15) is 0 Å². The highest BCUT2D eigenvalue weighted by molar-refractivity contribution is 7.09. The van der Waals surface area contributed by atoms with Crippen molar-refractivity contribution < 1.29 is 18.7 Å². The molecule has 2 aromatic carbocycles. The largest absolute Gasteiger partial charge is 0.490 e. The molecule has 1 saturated heterocycles. The number of hydrogen-bond donors (Lipinski definition) is 0. The molecule has 0 atom stereocenters. The number of likely N-dealkylation sites (tertiary alicyclic amines) is 1. The molecule has 0 spiro atoms. The van der Waals surface area contributed by atoms with Crippen LogP contribution >= 0.6 is 11.3 Å². The van der Waals surface area contributed by atoms with Gasteiger partial charge in [-0.05, 0) is 42.0 Å². The van der Waals surface area contributed by atoms with Gasteiger partial charge in [-0.3, -0.25) is 4.79 Å². The van der Waals surface area contributed by atoms with Gasteiger partial charge < -0.3 is 14.4 Å². The first-order valence-electron chi connectivity index (χ1n) is 9.96. The van der Waals surface area contributed by atoms with Crippen molar-refractivity contribution in [2.45, 2.75) is 32.0 Å². The maximum absolute atomic E-state index is 13.2. The lowest BCUT2D eigenvalue weighted by molar-refractivity contribution is -0.132. The van der Waals surface area contributed by atoms with Gasteiger partial charge in [0.15, 0.2) is 0 Å². The Morgan fingerprint density at radius 1 is 1.13 bits per heavy atom. The third kappa shape index (κ3) is 5.57. The van der Waals surface area contributed by atoms with Crippen LogP contribution in [0, 0.1) is 5.82 Å². The lowest BCUT2D eigenvalue weighted by Crippen LogP contribution is -2.42. The van der Waals surface area contributed by atoms with Crippen LogP contribution in [0.2, 0.25) is 0 Å². The predicted octanol–water partition coefficient (Wildman–Crippen LogP) is 4.47. The summed E-state index contributed by atoms with van der Waals surface area (Å²) in [6.07, 6.45) is 3.81. The van der Waals surface area contributed by atoms with Crippen LogP contribution in [0.5, 0.6) is 11.5 Å². The number of benzene rings is 2. The van der Waals surface area contributed by atoms with Gasteiger partial charge in [0.1, 0.15) is 35.0 Å². The molecule has 0 radical (unpaired) electrons. The van der Waals surface area contributed by atoms with Crippen LogP contribution in [0.15, 0.2) is 60.1 Å². The molecule has 1 aliphatic rings. The van der Waals surface area contributed by atoms with Gasteiger partial charge in [0.25, 0.3) is 0 Å². The van der Waals surface area contributed by atoms with Crippen LogP contribution < -0.4 is 9.47 Å². The zero-order chi connectivity index (χ0) is 20.8. The first-order chi connectivity index (χ1) is 14.7. The molecule has 7 heteroatoms. The Kier molecular flexibility index (Phi) is 6.59. The summed E-state index contributed by atoms with van der Waals surface area (Å²) in [7, 11) is 0. The second kappa shape index (κ2) is 9.71. The third-order valence-corrected chi connectivity index (χ3v) is 5.78. The summed E-state index contributed by atoms with van der Waals surface area (Å²) >= 11 is 1.51. The molecule has 0 saturated carbocycles. The third-order valence-electron chi connectivity index (χ3n) is 5.00. The number of carbonyl (C=O) groups is 1. The maximum Gasteiger partial charge on any atom is 0.229 e. The van der Waals surface area contributed by atoms with Gasteiger partial charge in [-0.1, -0.05) is 12.1 Å². The smallest absolute Gasteiger partial charge is 0.229 e. The van der Waals surface area contributed by atoms with Crippen molar-refractivity contribution in [3.05, 3.63) is 76.5 Å². The molecule has 1 fully saturated rings. The van der Waals surface area contributed by atoms with E-state index in [9.17, 15) is 9.18 Å². The summed E-state index contributed by atoms with van der Waals surface area (Å²) < 4.78 is 25.0. The lowest BCUT2D eigenvalue weighted by atomic mass is 10.1. The van der Waals surface area contributed by atoms with E-state index in [2.05, 4.69) is 4.98 Å². The highest BCUT2D eigenvalue weighted by Gasteiger charge is 2.24. The highest BCUT2D eigenvalue weighted by Crippen LogP contribution is 2.23. The van der Waals surface area contributed by atoms with Crippen molar-refractivity contribution in [2.24, 2.45) is 0 Å². The van der Waals surface area contributed by atoms with Crippen molar-refractivity contribution in [1.29, 1.82) is 0 Å². The van der Waals surface area contributed by atoms with Crippen molar-refractivity contribution >= 4 is 17.2 Å². The standard InChI is InChI=1S/C23H23FN2O3S/c24-18-3-1-2-17(14-18)16-28-19-4-6-20(7-5-19)29-21-8-11-26(12-9-21)23(27)15-22-25-10-13-30-22/h1-7,10,13-14,21H,8-9,11-12,15-16H2. The van der Waals surface area contributed by atoms with Crippen LogP contribution in [-0.2, 0) is 17.8 Å². The quantitative estimate of drug-likeness (QED) is 0.559. The topological polar surface area (TPSA) is 51.7 Å². The van der Waals surface area contributed by atoms with E-state index >= 15 is 0 Å². The molecule has 0 bridgehead atoms. The van der Waals surface area contributed by atoms with Crippen LogP contribution in [0.25, 0.3) is 0 Å². The predicted molar refractivity (Wildman–Crippen MR) is 113 cm³/mol. The average molecular weight is 427 g/mol. The molecule has 4 rings (SSSR count). The van der Waals surface area contributed by atoms with E-state index in [0.29, 0.717) is 31.9 Å². The number of aromatic nitrogens is 1. The number of piperidine rings is 1. The van der Waals surface area contributed by atoms with E-state index in [0.717, 1.165) is 29.2 Å². The Labute approximate surface area is 179 Å². The summed E-state index contributed by atoms with van der Waals surface area (Å²) in [5.41, 5.74) is 0.784. The minimum absolute atomic E-state index is 0.0907. The molecular formula is C23H23FN2O3S. The van der Waals surface area contributed by atoms with E-state index in [1.54, 1.807) is 12.3 Å². The van der Waals surface area contributed by atoms with Gasteiger partial charge in [-0.25, -0.2) is 9.37 Å². The van der Waals surface area contributed by atoms with Gasteiger partial charge in [-0.15, -0.1) is 11.3 Å². The van der Waals surface area contributed by atoms with E-state index in [4.69, 9.17) is 9.47 Å². The fourth-order valence-electron chi connectivity index (χ4n) is 3.40. The zero-order valence-corrected chi connectivity index (χ0v) is 17.3. The van der Waals surface area contributed by atoms with E-state index < -0.39 is 0 Å². The van der Waals surface area contributed by atoms with Crippen LogP contribution in [0.4, 0.5) is 4.39 Å². The van der Waals surface area contributed by atoms with Crippen LogP contribution in [-0.4, -0.2) is 35.0 Å². The Morgan fingerprint density at radius 3 is 2.60 bits per heavy atom. The Morgan fingerprint density at radius 2 is 1.90 bits per heavy atom. The number of halogens is 1. The number of rotatable bonds is 7. The molecule has 0 N–H and O–H groups in total. The van der Waals surface area contributed by atoms with Gasteiger partial charge in [0.05, 0.1) is 6.42 Å². The molecule has 156 valence electrons. The fourth-order valence-corrected chi connectivity index (χ4v) is 4.01. The zero-order valence-electron chi connectivity index (χ0n) is 16.5. The van der Waals surface area contributed by atoms with Crippen molar-refractivity contribution in [3.63, 3.8) is 0 Å². The average Bonchev–Trinajstić information content (AvgIpc) is 3.27. The molecule has 3 aromatic rings. The van der Waals surface area contributed by atoms with Gasteiger partial charge >= 0.3 is 0 Å². The molecule has 1 aromatic heterocycles. The number of amides is 1. The summed E-state index contributed by atoms with van der Waals surface area (Å²) in [6, 6.07) is 13.8. The molecular weight excluding hydrogens is 403 g/mol. The molecule has 2 heterocycles. The van der Waals surface area contributed by atoms with Crippen molar-refractivity contribution in [2.75, 3.05) is 13.1 Å². The fraction of sp³-hybridized carbons (Fsp3) is 0.304. The first-order valence-corrected chi connectivity index (χ1v) is 10.8. The molecule has 0 unspecified atom stereocenters. The minimum atomic E-state index is -0.268. The van der Waals surface area contributed by atoms with Crippen molar-refractivity contribution in [3.8, 4) is 11.5 Å². The molecule has 1 amide bonds. The van der Waals surface area contributed by atoms with Gasteiger partial charge in [0.2, 0.25) is 5.91 Å². The molecule has 0 aliphatic carbocycles. The Hall–Kier alpha value is -2.93. The second-order valence-corrected chi connectivity index (χ2v) is 8.17. The second-order valence-electron chi connectivity index (χ2n) is 7.19. The Bertz CT molecular complexity index is 955. The minimum Gasteiger partial charge on any atom is -0.490 e. The summed E-state index contributed by atoms with van der Waals surface area (Å²) in [6.45, 7) is 1.71. The highest BCUT2D eigenvalue weighted by atomic mass is 32.1. The summed E-state index contributed by atoms with van der Waals surface area (Å²) in [5.74, 6) is 1.34. The maximum atomic E-state index is 13.2. The lowest BCUT2D eigenvalue weighted by Gasteiger charge is -2.32. The van der Waals surface area contributed by atoms with Gasteiger partial charge in [0, 0.05) is 37.5 Å². The summed E-state index contributed by atoms with van der Waals surface area (Å²) in [5, 5.41) is 2.75. The van der Waals surface area contributed by atoms with E-state index in [1.807, 2.05) is 40.6 Å². The van der Waals surface area contributed by atoms with Crippen LogP contribution in [0.3, 0.4) is 0 Å². The number of thiazole rings is 1. The number of nitrogens with zero attached hydrogens (tertiary/aromatic N) is 2. The number of carbonyl (C=O) groups excluding carboxylic acids is 1. The molecule has 1 aliphatic heterocycles. The Balaban J connectivity index is 1.22. The number of ether oxygens (including phenoxy) is 2. The monoisotopic (exact) mass is 426 g/mol. The number of hydrogen-bond acceptors (Lipinski definition) is 5. The SMILES string of the molecule is O=C(Cc1nccs1)N1CCC(Oc2ccc(OCc3cccc(F)c3)cc2)CC1. The van der Waals surface area contributed by atoms with Crippen LogP contribution in [0.1, 0.15) is 23.4 Å². The van der Waals surface area contributed by atoms with Crippen molar-refractivity contribution in [1.82, 2.24) is 9.88 Å². The first kappa shape index (κ1) is 20.3. The van der Waals surface area contributed by atoms with E-state index in [1.165, 1.54) is 23.5 Å². The van der Waals surface area contributed by atoms with E-state index in [-0.39, 0.29) is 17.8 Å². The summed E-state index contributed by atoms with van der Waals surface area (Å²) in [4.78, 5) is 18.4. The molecule has 5 nitrogen and oxygen atoms in total. The normalized spacial score (nSPS) is 14.5.